The molecule has 0 aliphatic heterocycles. The molecule has 0 amide bonds. The van der Waals surface area contributed by atoms with Gasteiger partial charge in [-0.15, -0.1) is 0 Å². The van der Waals surface area contributed by atoms with Gasteiger partial charge in [-0.3, -0.25) is 4.98 Å². The zero-order chi connectivity index (χ0) is 14.3. The monoisotopic (exact) mass is 265 g/mol. The van der Waals surface area contributed by atoms with Gasteiger partial charge in [-0.25, -0.2) is 0 Å². The van der Waals surface area contributed by atoms with E-state index in [2.05, 4.69) is 41.9 Å². The van der Waals surface area contributed by atoms with Crippen molar-refractivity contribution < 1.29 is 5.11 Å². The maximum Gasteiger partial charge on any atom is 0.0957 e. The summed E-state index contributed by atoms with van der Waals surface area (Å²) in [6.07, 6.45) is 3.24. The van der Waals surface area contributed by atoms with Crippen LogP contribution in [-0.4, -0.2) is 48.7 Å². The third kappa shape index (κ3) is 5.17. The summed E-state index contributed by atoms with van der Waals surface area (Å²) in [6.45, 7) is 7.20. The highest BCUT2D eigenvalue weighted by Gasteiger charge is 2.09. The first-order chi connectivity index (χ1) is 9.08. The van der Waals surface area contributed by atoms with E-state index in [1.807, 2.05) is 19.2 Å². The Morgan fingerprint density at radius 1 is 1.16 bits per heavy atom. The molecule has 0 aliphatic rings. The van der Waals surface area contributed by atoms with Gasteiger partial charge in [-0.2, -0.15) is 0 Å². The summed E-state index contributed by atoms with van der Waals surface area (Å²) >= 11 is 0. The molecule has 0 fully saturated rings. The molecule has 0 saturated carbocycles. The number of aromatic nitrogens is 1. The zero-order valence-electron chi connectivity index (χ0n) is 12.6. The van der Waals surface area contributed by atoms with Crippen LogP contribution in [0.1, 0.15) is 38.5 Å². The summed E-state index contributed by atoms with van der Waals surface area (Å²) in [4.78, 5) is 8.90. The van der Waals surface area contributed by atoms with Gasteiger partial charge in [0, 0.05) is 19.6 Å². The lowest BCUT2D eigenvalue weighted by molar-refractivity contribution is 0.169. The fourth-order valence-corrected chi connectivity index (χ4v) is 1.95. The highest BCUT2D eigenvalue weighted by Crippen LogP contribution is 2.18. The number of aliphatic hydroxyl groups is 1. The van der Waals surface area contributed by atoms with Gasteiger partial charge in [-0.05, 0) is 39.1 Å². The van der Waals surface area contributed by atoms with Gasteiger partial charge in [0.05, 0.1) is 23.7 Å². The minimum Gasteiger partial charge on any atom is -0.387 e. The van der Waals surface area contributed by atoms with E-state index in [-0.39, 0.29) is 0 Å². The van der Waals surface area contributed by atoms with Crippen LogP contribution in [0.2, 0.25) is 0 Å². The molecule has 4 heteroatoms. The molecule has 19 heavy (non-hydrogen) atoms. The number of likely N-dealkylation sites (N-methyl/N-ethyl adjacent to an activating group) is 1. The van der Waals surface area contributed by atoms with Crippen LogP contribution in [0.5, 0.6) is 0 Å². The highest BCUT2D eigenvalue weighted by molar-refractivity contribution is 5.44. The predicted molar refractivity (Wildman–Crippen MR) is 80.5 cm³/mol. The standard InChI is InChI=1S/C15H27N3O/c1-5-9-18(11-10-17(3)4)13-7-8-14(16-12-13)15(19)6-2/h7-8,12,15,19H,5-6,9-11H2,1-4H3/t15-/m0/s1. The molecule has 1 aromatic rings. The Bertz CT molecular complexity index is 351. The van der Waals surface area contributed by atoms with Crippen LogP contribution in [-0.2, 0) is 0 Å². The molecular weight excluding hydrogens is 238 g/mol. The molecule has 0 unspecified atom stereocenters. The SMILES string of the molecule is CCCN(CCN(C)C)c1ccc([C@@H](O)CC)nc1. The van der Waals surface area contributed by atoms with Crippen LogP contribution in [0.25, 0.3) is 0 Å². The second-order valence-corrected chi connectivity index (χ2v) is 5.16. The first-order valence-corrected chi connectivity index (χ1v) is 7.12. The van der Waals surface area contributed by atoms with E-state index in [4.69, 9.17) is 0 Å². The van der Waals surface area contributed by atoms with E-state index < -0.39 is 6.10 Å². The van der Waals surface area contributed by atoms with E-state index >= 15 is 0 Å². The minimum atomic E-state index is -0.449. The van der Waals surface area contributed by atoms with Crippen molar-refractivity contribution in [3.05, 3.63) is 24.0 Å². The van der Waals surface area contributed by atoms with Crippen LogP contribution in [0.3, 0.4) is 0 Å². The lowest BCUT2D eigenvalue weighted by atomic mass is 10.2. The van der Waals surface area contributed by atoms with E-state index in [1.165, 1.54) is 0 Å². The molecule has 0 bridgehead atoms. The number of nitrogens with zero attached hydrogens (tertiary/aromatic N) is 3. The fraction of sp³-hybridized carbons (Fsp3) is 0.667. The number of aliphatic hydroxyl groups excluding tert-OH is 1. The van der Waals surface area contributed by atoms with Crippen LogP contribution < -0.4 is 4.90 Å². The van der Waals surface area contributed by atoms with Crippen molar-refractivity contribution in [2.75, 3.05) is 38.6 Å². The second-order valence-electron chi connectivity index (χ2n) is 5.16. The van der Waals surface area contributed by atoms with Crippen molar-refractivity contribution in [3.63, 3.8) is 0 Å². The van der Waals surface area contributed by atoms with E-state index in [9.17, 15) is 5.11 Å². The lowest BCUT2D eigenvalue weighted by Gasteiger charge is -2.26. The second kappa shape index (κ2) is 8.12. The lowest BCUT2D eigenvalue weighted by Crippen LogP contribution is -2.32. The Kier molecular flexibility index (Phi) is 6.81. The van der Waals surface area contributed by atoms with Crippen LogP contribution in [0.4, 0.5) is 5.69 Å². The van der Waals surface area contributed by atoms with E-state index in [0.29, 0.717) is 6.42 Å². The van der Waals surface area contributed by atoms with Gasteiger partial charge >= 0.3 is 0 Å². The predicted octanol–water partition coefficient (Wildman–Crippen LogP) is 2.30. The summed E-state index contributed by atoms with van der Waals surface area (Å²) in [7, 11) is 4.17. The molecule has 0 saturated heterocycles. The largest absolute Gasteiger partial charge is 0.387 e. The smallest absolute Gasteiger partial charge is 0.0957 e. The van der Waals surface area contributed by atoms with Crippen molar-refractivity contribution in [2.24, 2.45) is 0 Å². The molecular formula is C15H27N3O. The number of pyridine rings is 1. The third-order valence-corrected chi connectivity index (χ3v) is 3.17. The molecule has 4 nitrogen and oxygen atoms in total. The van der Waals surface area contributed by atoms with Crippen molar-refractivity contribution >= 4 is 5.69 Å². The highest BCUT2D eigenvalue weighted by atomic mass is 16.3. The number of rotatable bonds is 8. The Morgan fingerprint density at radius 3 is 2.37 bits per heavy atom. The van der Waals surface area contributed by atoms with Crippen LogP contribution in [0, 0.1) is 0 Å². The summed E-state index contributed by atoms with van der Waals surface area (Å²) in [5.74, 6) is 0. The van der Waals surface area contributed by atoms with Crippen molar-refractivity contribution in [2.45, 2.75) is 32.8 Å². The molecule has 0 radical (unpaired) electrons. The Labute approximate surface area is 117 Å². The Balaban J connectivity index is 2.73. The molecule has 1 aromatic heterocycles. The van der Waals surface area contributed by atoms with Crippen molar-refractivity contribution in [3.8, 4) is 0 Å². The fourth-order valence-electron chi connectivity index (χ4n) is 1.95. The quantitative estimate of drug-likeness (QED) is 0.783. The minimum absolute atomic E-state index is 0.449. The molecule has 1 atom stereocenters. The van der Waals surface area contributed by atoms with Gasteiger partial charge in [0.2, 0.25) is 0 Å². The summed E-state index contributed by atoms with van der Waals surface area (Å²) in [5.41, 5.74) is 1.89. The Hall–Kier alpha value is -1.13. The molecule has 1 rings (SSSR count). The first kappa shape index (κ1) is 15.9. The maximum absolute atomic E-state index is 9.76. The molecule has 108 valence electrons. The number of hydrogen-bond donors (Lipinski definition) is 1. The molecule has 0 spiro atoms. The normalized spacial score (nSPS) is 12.7. The summed E-state index contributed by atoms with van der Waals surface area (Å²) in [6, 6.07) is 3.99. The van der Waals surface area contributed by atoms with Gasteiger partial charge in [0.1, 0.15) is 0 Å². The van der Waals surface area contributed by atoms with Gasteiger partial charge in [0.25, 0.3) is 0 Å². The summed E-state index contributed by atoms with van der Waals surface area (Å²) < 4.78 is 0. The van der Waals surface area contributed by atoms with Crippen LogP contribution in [0.15, 0.2) is 18.3 Å². The van der Waals surface area contributed by atoms with Crippen molar-refractivity contribution in [1.29, 1.82) is 0 Å². The van der Waals surface area contributed by atoms with Gasteiger partial charge in [0.15, 0.2) is 0 Å². The summed E-state index contributed by atoms with van der Waals surface area (Å²) in [5, 5.41) is 9.76. The molecule has 0 aliphatic carbocycles. The number of anilines is 1. The maximum atomic E-state index is 9.76. The molecule has 1 N–H and O–H groups in total. The van der Waals surface area contributed by atoms with Gasteiger partial charge < -0.3 is 14.9 Å². The van der Waals surface area contributed by atoms with Crippen molar-refractivity contribution in [1.82, 2.24) is 9.88 Å². The first-order valence-electron chi connectivity index (χ1n) is 7.12. The molecule has 1 heterocycles. The van der Waals surface area contributed by atoms with Gasteiger partial charge in [-0.1, -0.05) is 13.8 Å². The Morgan fingerprint density at radius 2 is 1.89 bits per heavy atom. The van der Waals surface area contributed by atoms with E-state index in [1.54, 1.807) is 0 Å². The van der Waals surface area contributed by atoms with Crippen LogP contribution >= 0.6 is 0 Å². The average molecular weight is 265 g/mol. The average Bonchev–Trinajstić information content (AvgIpc) is 2.42. The zero-order valence-corrected chi connectivity index (χ0v) is 12.6. The topological polar surface area (TPSA) is 39.6 Å². The molecule has 0 aromatic carbocycles. The van der Waals surface area contributed by atoms with E-state index in [0.717, 1.165) is 37.4 Å². The number of hydrogen-bond acceptors (Lipinski definition) is 4. The third-order valence-electron chi connectivity index (χ3n) is 3.17.